The van der Waals surface area contributed by atoms with Crippen molar-refractivity contribution in [3.8, 4) is 5.75 Å². The van der Waals surface area contributed by atoms with E-state index in [1.54, 1.807) is 24.3 Å². The normalized spacial score (nSPS) is 10.7. The quantitative estimate of drug-likeness (QED) is 0.145. The van der Waals surface area contributed by atoms with Crippen LogP contribution in [0.1, 0.15) is 35.7 Å². The van der Waals surface area contributed by atoms with E-state index in [1.807, 2.05) is 30.3 Å². The molecule has 11 nitrogen and oxygen atoms in total. The average Bonchev–Trinajstić information content (AvgIpc) is 2.95. The second kappa shape index (κ2) is 17.5. The van der Waals surface area contributed by atoms with Crippen LogP contribution in [0.15, 0.2) is 54.6 Å². The van der Waals surface area contributed by atoms with Crippen LogP contribution in [0.3, 0.4) is 0 Å². The molecule has 3 aromatic rings. The van der Waals surface area contributed by atoms with Crippen LogP contribution in [0, 0.1) is 0 Å². The fourth-order valence-corrected chi connectivity index (χ4v) is 3.46. The first-order chi connectivity index (χ1) is 19.1. The van der Waals surface area contributed by atoms with E-state index in [2.05, 4.69) is 43.1 Å². The Morgan fingerprint density at radius 2 is 1.33 bits per heavy atom. The summed E-state index contributed by atoms with van der Waals surface area (Å²) >= 11 is 0. The van der Waals surface area contributed by atoms with Gasteiger partial charge in [-0.05, 0) is 42.7 Å². The molecule has 1 amide bonds. The highest BCUT2D eigenvalue weighted by Crippen LogP contribution is 2.12. The Kier molecular flexibility index (Phi) is 13.3. The first-order valence-corrected chi connectivity index (χ1v) is 13.4. The van der Waals surface area contributed by atoms with E-state index < -0.39 is 0 Å². The predicted octanol–water partition coefficient (Wildman–Crippen LogP) is 3.32. The number of unbranched alkanes of at least 4 members (excludes halogenated alkanes) is 1. The third-order valence-electron chi connectivity index (χ3n) is 5.55. The summed E-state index contributed by atoms with van der Waals surface area (Å²) in [6.45, 7) is 6.28. The summed E-state index contributed by atoms with van der Waals surface area (Å²) in [5.74, 6) is 1.61. The van der Waals surface area contributed by atoms with E-state index >= 15 is 0 Å². The molecule has 11 heteroatoms. The van der Waals surface area contributed by atoms with Crippen molar-refractivity contribution in [3.05, 3.63) is 65.7 Å². The van der Waals surface area contributed by atoms with Crippen LogP contribution in [0.25, 0.3) is 0 Å². The molecular weight excluding hydrogens is 498 g/mol. The van der Waals surface area contributed by atoms with Crippen LogP contribution < -0.4 is 21.3 Å². The zero-order valence-corrected chi connectivity index (χ0v) is 22.5. The lowest BCUT2D eigenvalue weighted by Gasteiger charge is -2.12. The lowest BCUT2D eigenvalue weighted by molar-refractivity contribution is 0.0519. The van der Waals surface area contributed by atoms with Gasteiger partial charge in [-0.15, -0.1) is 0 Å². The minimum atomic E-state index is -0.112. The smallest absolute Gasteiger partial charge is 0.251 e. The summed E-state index contributed by atoms with van der Waals surface area (Å²) in [6.07, 6.45) is 2.86. The fourth-order valence-electron chi connectivity index (χ4n) is 3.46. The summed E-state index contributed by atoms with van der Waals surface area (Å²) in [6, 6.07) is 16.2. The van der Waals surface area contributed by atoms with Gasteiger partial charge in [-0.2, -0.15) is 15.0 Å². The summed E-state index contributed by atoms with van der Waals surface area (Å²) in [5, 5.41) is 21.9. The lowest BCUT2D eigenvalue weighted by atomic mass is 10.1. The van der Waals surface area contributed by atoms with Crippen molar-refractivity contribution in [3.63, 3.8) is 0 Å². The van der Waals surface area contributed by atoms with Crippen LogP contribution >= 0.6 is 0 Å². The Bertz CT molecular complexity index is 1100. The summed E-state index contributed by atoms with van der Waals surface area (Å²) in [4.78, 5) is 25.4. The van der Waals surface area contributed by atoms with Gasteiger partial charge in [-0.1, -0.05) is 43.7 Å². The van der Waals surface area contributed by atoms with Crippen molar-refractivity contribution in [2.45, 2.75) is 26.2 Å². The minimum absolute atomic E-state index is 0.112. The second-order valence-electron chi connectivity index (χ2n) is 8.70. The Morgan fingerprint density at radius 3 is 1.97 bits per heavy atom. The molecule has 1 aromatic heterocycles. The SMILES string of the molecule is CCCCNc1nc(NCCOCCOCCNC(=O)c2ccccc2)nc(NCCc2ccc(O)cc2)n1. The molecule has 0 aliphatic rings. The molecule has 0 saturated carbocycles. The largest absolute Gasteiger partial charge is 0.508 e. The molecule has 210 valence electrons. The number of aromatic hydroxyl groups is 1. The van der Waals surface area contributed by atoms with Gasteiger partial charge in [0.1, 0.15) is 5.75 Å². The van der Waals surface area contributed by atoms with Crippen LogP contribution in [-0.4, -0.2) is 78.6 Å². The van der Waals surface area contributed by atoms with Gasteiger partial charge < -0.3 is 35.8 Å². The molecule has 1 heterocycles. The highest BCUT2D eigenvalue weighted by Gasteiger charge is 2.07. The van der Waals surface area contributed by atoms with Crippen LogP contribution in [-0.2, 0) is 15.9 Å². The molecule has 0 bridgehead atoms. The van der Waals surface area contributed by atoms with E-state index in [-0.39, 0.29) is 11.7 Å². The Labute approximate surface area is 229 Å². The first-order valence-electron chi connectivity index (χ1n) is 13.4. The third kappa shape index (κ3) is 12.0. The molecular formula is C28H39N7O4. The summed E-state index contributed by atoms with van der Waals surface area (Å²) in [5.41, 5.74) is 1.74. The van der Waals surface area contributed by atoms with Gasteiger partial charge in [-0.3, -0.25) is 4.79 Å². The average molecular weight is 538 g/mol. The predicted molar refractivity (Wildman–Crippen MR) is 152 cm³/mol. The number of ether oxygens (including phenoxy) is 2. The number of nitrogens with zero attached hydrogens (tertiary/aromatic N) is 3. The number of amides is 1. The maximum absolute atomic E-state index is 12.0. The van der Waals surface area contributed by atoms with Crippen molar-refractivity contribution < 1.29 is 19.4 Å². The van der Waals surface area contributed by atoms with E-state index in [0.717, 1.165) is 31.4 Å². The number of phenolic OH excluding ortho intramolecular Hbond substituents is 1. The molecule has 0 atom stereocenters. The van der Waals surface area contributed by atoms with Gasteiger partial charge in [0.05, 0.1) is 26.4 Å². The molecule has 5 N–H and O–H groups in total. The number of carbonyl (C=O) groups excluding carboxylic acids is 1. The topological polar surface area (TPSA) is 143 Å². The van der Waals surface area contributed by atoms with Crippen LogP contribution in [0.2, 0.25) is 0 Å². The zero-order chi connectivity index (χ0) is 27.5. The molecule has 2 aromatic carbocycles. The first kappa shape index (κ1) is 29.6. The molecule has 0 fully saturated rings. The zero-order valence-electron chi connectivity index (χ0n) is 22.5. The van der Waals surface area contributed by atoms with E-state index in [4.69, 9.17) is 9.47 Å². The van der Waals surface area contributed by atoms with E-state index in [1.165, 1.54) is 0 Å². The van der Waals surface area contributed by atoms with Gasteiger partial charge >= 0.3 is 0 Å². The minimum Gasteiger partial charge on any atom is -0.508 e. The van der Waals surface area contributed by atoms with Gasteiger partial charge in [0.15, 0.2) is 0 Å². The molecule has 0 spiro atoms. The lowest BCUT2D eigenvalue weighted by Crippen LogP contribution is -2.27. The molecule has 0 unspecified atom stereocenters. The molecule has 39 heavy (non-hydrogen) atoms. The maximum atomic E-state index is 12.0. The maximum Gasteiger partial charge on any atom is 0.251 e. The van der Waals surface area contributed by atoms with Crippen molar-refractivity contribution in [2.75, 3.05) is 68.6 Å². The van der Waals surface area contributed by atoms with E-state index in [9.17, 15) is 9.90 Å². The van der Waals surface area contributed by atoms with Crippen molar-refractivity contribution in [2.24, 2.45) is 0 Å². The highest BCUT2D eigenvalue weighted by molar-refractivity contribution is 5.94. The molecule has 0 saturated heterocycles. The van der Waals surface area contributed by atoms with Crippen molar-refractivity contribution in [1.82, 2.24) is 20.3 Å². The van der Waals surface area contributed by atoms with Gasteiger partial charge in [-0.25, -0.2) is 0 Å². The standard InChI is InChI=1S/C28H39N7O4/c1-2-3-14-30-26-33-27(31-15-13-22-9-11-24(36)12-10-22)35-28(34-26)32-17-19-39-21-20-38-18-16-29-25(37)23-7-5-4-6-8-23/h4-12,36H,2-3,13-21H2,1H3,(H,29,37)(H3,30,31,32,33,34,35). The molecule has 0 radical (unpaired) electrons. The number of phenols is 1. The summed E-state index contributed by atoms with van der Waals surface area (Å²) in [7, 11) is 0. The Balaban J connectivity index is 1.32. The van der Waals surface area contributed by atoms with Gasteiger partial charge in [0.25, 0.3) is 5.91 Å². The van der Waals surface area contributed by atoms with Gasteiger partial charge in [0.2, 0.25) is 17.8 Å². The number of hydrogen-bond acceptors (Lipinski definition) is 10. The Morgan fingerprint density at radius 1 is 0.744 bits per heavy atom. The number of nitrogens with one attached hydrogen (secondary N) is 4. The monoisotopic (exact) mass is 537 g/mol. The third-order valence-corrected chi connectivity index (χ3v) is 5.55. The molecule has 0 aliphatic heterocycles. The fraction of sp³-hybridized carbons (Fsp3) is 0.429. The number of anilines is 3. The van der Waals surface area contributed by atoms with Crippen molar-refractivity contribution in [1.29, 1.82) is 0 Å². The van der Waals surface area contributed by atoms with Gasteiger partial charge in [0, 0.05) is 31.7 Å². The Hall–Kier alpha value is -3.96. The van der Waals surface area contributed by atoms with Crippen LogP contribution in [0.5, 0.6) is 5.75 Å². The van der Waals surface area contributed by atoms with E-state index in [0.29, 0.717) is 69.5 Å². The number of carbonyl (C=O) groups is 1. The highest BCUT2D eigenvalue weighted by atomic mass is 16.5. The number of hydrogen-bond donors (Lipinski definition) is 5. The number of aromatic nitrogens is 3. The number of benzene rings is 2. The van der Waals surface area contributed by atoms with Crippen LogP contribution in [0.4, 0.5) is 17.8 Å². The summed E-state index contributed by atoms with van der Waals surface area (Å²) < 4.78 is 11.1. The van der Waals surface area contributed by atoms with Crippen molar-refractivity contribution >= 4 is 23.8 Å². The molecule has 3 rings (SSSR count). The molecule has 0 aliphatic carbocycles. The number of rotatable bonds is 19. The second-order valence-corrected chi connectivity index (χ2v) is 8.70.